The monoisotopic (exact) mass is 347 g/mol. The van der Waals surface area contributed by atoms with Crippen molar-refractivity contribution in [1.29, 1.82) is 0 Å². The lowest BCUT2D eigenvalue weighted by atomic mass is 9.94. The molecule has 138 valence electrons. The lowest BCUT2D eigenvalue weighted by Gasteiger charge is -2.37. The summed E-state index contributed by atoms with van der Waals surface area (Å²) in [5.41, 5.74) is 4.50. The summed E-state index contributed by atoms with van der Waals surface area (Å²) in [6, 6.07) is 4.20. The van der Waals surface area contributed by atoms with Crippen LogP contribution >= 0.6 is 0 Å². The topological polar surface area (TPSA) is 55.8 Å². The fraction of sp³-hybridized carbons (Fsp3) is 0.600. The number of rotatable bonds is 4. The molecule has 0 N–H and O–H groups in total. The maximum absolute atomic E-state index is 12.9. The molecule has 0 aromatic heterocycles. The van der Waals surface area contributed by atoms with Crippen LogP contribution in [0.2, 0.25) is 0 Å². The molecule has 0 aliphatic carbocycles. The second kappa shape index (κ2) is 8.37. The van der Waals surface area contributed by atoms with Crippen molar-refractivity contribution in [2.45, 2.75) is 60.1 Å². The van der Waals surface area contributed by atoms with Crippen LogP contribution in [0.25, 0.3) is 0 Å². The van der Waals surface area contributed by atoms with Gasteiger partial charge in [-0.25, -0.2) is 4.79 Å². The fourth-order valence-electron chi connectivity index (χ4n) is 3.49. The number of likely N-dealkylation sites (tertiary alicyclic amines) is 1. The van der Waals surface area contributed by atoms with Gasteiger partial charge < -0.3 is 14.4 Å². The van der Waals surface area contributed by atoms with Gasteiger partial charge in [-0.2, -0.15) is 0 Å². The van der Waals surface area contributed by atoms with Gasteiger partial charge in [0.05, 0.1) is 13.0 Å². The van der Waals surface area contributed by atoms with Crippen molar-refractivity contribution in [2.75, 3.05) is 13.2 Å². The molecule has 1 saturated heterocycles. The predicted octanol–water partition coefficient (Wildman–Crippen LogP) is 3.91. The first-order chi connectivity index (χ1) is 11.8. The lowest BCUT2D eigenvalue weighted by molar-refractivity contribution is -0.147. The number of hydrogen-bond donors (Lipinski definition) is 0. The van der Waals surface area contributed by atoms with E-state index in [4.69, 9.17) is 9.47 Å². The van der Waals surface area contributed by atoms with E-state index >= 15 is 0 Å². The largest absolute Gasteiger partial charge is 0.510 e. The Morgan fingerprint density at radius 3 is 2.44 bits per heavy atom. The zero-order valence-corrected chi connectivity index (χ0v) is 15.9. The zero-order chi connectivity index (χ0) is 18.6. The smallest absolute Gasteiger partial charge is 0.435 e. The minimum Gasteiger partial charge on any atom is -0.435 e. The molecule has 1 fully saturated rings. The summed E-state index contributed by atoms with van der Waals surface area (Å²) in [5, 5.41) is 0. The first-order valence-corrected chi connectivity index (χ1v) is 9.01. The summed E-state index contributed by atoms with van der Waals surface area (Å²) in [6.45, 7) is 10.8. The van der Waals surface area contributed by atoms with E-state index in [1.807, 2.05) is 13.8 Å². The summed E-state index contributed by atoms with van der Waals surface area (Å²) >= 11 is 0. The van der Waals surface area contributed by atoms with Crippen molar-refractivity contribution >= 4 is 12.1 Å². The van der Waals surface area contributed by atoms with Gasteiger partial charge in [0, 0.05) is 13.0 Å². The molecule has 25 heavy (non-hydrogen) atoms. The van der Waals surface area contributed by atoms with Crippen LogP contribution in [0.4, 0.5) is 4.79 Å². The Labute approximate surface area is 150 Å². The number of amides is 1. The van der Waals surface area contributed by atoms with Crippen LogP contribution < -0.4 is 0 Å². The summed E-state index contributed by atoms with van der Waals surface area (Å²) in [7, 11) is 0. The van der Waals surface area contributed by atoms with Crippen LogP contribution in [0.3, 0.4) is 0 Å². The van der Waals surface area contributed by atoms with E-state index < -0.39 is 12.4 Å². The number of hydrogen-bond acceptors (Lipinski definition) is 4. The van der Waals surface area contributed by atoms with Crippen molar-refractivity contribution in [3.05, 3.63) is 34.4 Å². The Hall–Kier alpha value is -2.04. The van der Waals surface area contributed by atoms with E-state index in [1.54, 1.807) is 11.8 Å². The summed E-state index contributed by atoms with van der Waals surface area (Å²) < 4.78 is 10.3. The minimum atomic E-state index is -0.706. The normalized spacial score (nSPS) is 20.3. The first-order valence-electron chi connectivity index (χ1n) is 9.01. The standard InChI is InChI=1S/C20H29NO4/c1-6-24-20(23)25-19-11-13(2)7-8-21(19)18(22)12-17-15(4)9-14(3)10-16(17)5/h9-10,13,19H,6-8,11-12H2,1-5H3. The number of carbonyl (C=O) groups excluding carboxylic acids is 2. The van der Waals surface area contributed by atoms with Gasteiger partial charge in [0.1, 0.15) is 0 Å². The van der Waals surface area contributed by atoms with E-state index in [0.29, 0.717) is 25.3 Å². The molecule has 2 atom stereocenters. The molecule has 1 heterocycles. The van der Waals surface area contributed by atoms with Crippen molar-refractivity contribution in [3.8, 4) is 0 Å². The van der Waals surface area contributed by atoms with E-state index in [2.05, 4.69) is 26.0 Å². The van der Waals surface area contributed by atoms with Crippen LogP contribution in [0, 0.1) is 26.7 Å². The molecule has 0 spiro atoms. The van der Waals surface area contributed by atoms with Crippen LogP contribution in [0.5, 0.6) is 0 Å². The number of carbonyl (C=O) groups is 2. The predicted molar refractivity (Wildman–Crippen MR) is 96.4 cm³/mol. The quantitative estimate of drug-likeness (QED) is 0.775. The Morgan fingerprint density at radius 2 is 1.84 bits per heavy atom. The van der Waals surface area contributed by atoms with Crippen LogP contribution in [-0.4, -0.2) is 36.3 Å². The highest BCUT2D eigenvalue weighted by Crippen LogP contribution is 2.26. The molecule has 1 aliphatic heterocycles. The van der Waals surface area contributed by atoms with Gasteiger partial charge in [0.2, 0.25) is 5.91 Å². The Bertz CT molecular complexity index is 618. The summed E-state index contributed by atoms with van der Waals surface area (Å²) in [6.07, 6.45) is 0.648. The fourth-order valence-corrected chi connectivity index (χ4v) is 3.49. The maximum Gasteiger partial charge on any atom is 0.510 e. The van der Waals surface area contributed by atoms with Crippen LogP contribution in [0.15, 0.2) is 12.1 Å². The number of ether oxygens (including phenoxy) is 2. The molecular formula is C20H29NO4. The van der Waals surface area contributed by atoms with Gasteiger partial charge in [0.25, 0.3) is 0 Å². The third-order valence-corrected chi connectivity index (χ3v) is 4.80. The number of nitrogens with zero attached hydrogens (tertiary/aromatic N) is 1. The van der Waals surface area contributed by atoms with E-state index in [0.717, 1.165) is 23.1 Å². The highest BCUT2D eigenvalue weighted by atomic mass is 16.7. The van der Waals surface area contributed by atoms with Crippen molar-refractivity contribution in [3.63, 3.8) is 0 Å². The van der Waals surface area contributed by atoms with Gasteiger partial charge >= 0.3 is 6.16 Å². The van der Waals surface area contributed by atoms with E-state index in [1.165, 1.54) is 5.56 Å². The second-order valence-corrected chi connectivity index (χ2v) is 7.03. The molecule has 0 radical (unpaired) electrons. The van der Waals surface area contributed by atoms with Gasteiger partial charge in [-0.05, 0) is 56.7 Å². The highest BCUT2D eigenvalue weighted by Gasteiger charge is 2.33. The number of aryl methyl sites for hydroxylation is 3. The number of piperidine rings is 1. The highest BCUT2D eigenvalue weighted by molar-refractivity contribution is 5.80. The van der Waals surface area contributed by atoms with Crippen molar-refractivity contribution in [2.24, 2.45) is 5.92 Å². The summed E-state index contributed by atoms with van der Waals surface area (Å²) in [5.74, 6) is 0.405. The lowest BCUT2D eigenvalue weighted by Crippen LogP contribution is -2.48. The molecule has 1 aromatic rings. The first kappa shape index (κ1) is 19.3. The second-order valence-electron chi connectivity index (χ2n) is 7.03. The zero-order valence-electron chi connectivity index (χ0n) is 15.9. The Morgan fingerprint density at radius 1 is 1.20 bits per heavy atom. The third kappa shape index (κ3) is 4.97. The average molecular weight is 347 g/mol. The molecule has 0 bridgehead atoms. The number of benzene rings is 1. The summed E-state index contributed by atoms with van der Waals surface area (Å²) in [4.78, 5) is 26.3. The maximum atomic E-state index is 12.9. The Kier molecular flexibility index (Phi) is 6.45. The molecule has 5 heteroatoms. The molecule has 2 rings (SSSR count). The van der Waals surface area contributed by atoms with E-state index in [-0.39, 0.29) is 12.5 Å². The van der Waals surface area contributed by atoms with Crippen molar-refractivity contribution < 1.29 is 19.1 Å². The van der Waals surface area contributed by atoms with E-state index in [9.17, 15) is 9.59 Å². The SMILES string of the molecule is CCOC(=O)OC1CC(C)CCN1C(=O)Cc1c(C)cc(C)cc1C. The van der Waals surface area contributed by atoms with Gasteiger partial charge in [-0.1, -0.05) is 24.6 Å². The molecule has 1 aliphatic rings. The minimum absolute atomic E-state index is 0.00347. The third-order valence-electron chi connectivity index (χ3n) is 4.80. The molecule has 2 unspecified atom stereocenters. The van der Waals surface area contributed by atoms with Crippen LogP contribution in [-0.2, 0) is 20.7 Å². The molecule has 5 nitrogen and oxygen atoms in total. The molecule has 1 aromatic carbocycles. The average Bonchev–Trinajstić information content (AvgIpc) is 2.51. The molecule has 1 amide bonds. The van der Waals surface area contributed by atoms with Gasteiger partial charge in [-0.3, -0.25) is 4.79 Å². The van der Waals surface area contributed by atoms with Crippen molar-refractivity contribution in [1.82, 2.24) is 4.90 Å². The molecular weight excluding hydrogens is 318 g/mol. The Balaban J connectivity index is 2.13. The van der Waals surface area contributed by atoms with Gasteiger partial charge in [-0.15, -0.1) is 0 Å². The van der Waals surface area contributed by atoms with Crippen LogP contribution in [0.1, 0.15) is 48.9 Å². The van der Waals surface area contributed by atoms with Gasteiger partial charge in [0.15, 0.2) is 6.23 Å². The molecule has 0 saturated carbocycles.